The van der Waals surface area contributed by atoms with Gasteiger partial charge in [-0.1, -0.05) is 37.6 Å². The molecule has 1 aromatic carbocycles. The predicted octanol–water partition coefficient (Wildman–Crippen LogP) is 2.80. The van der Waals surface area contributed by atoms with Crippen LogP contribution >= 0.6 is 23.4 Å². The number of likely N-dealkylation sites (tertiary alicyclic amines) is 1. The first-order valence-electron chi connectivity index (χ1n) is 6.73. The number of hydrogen-bond donors (Lipinski definition) is 1. The Morgan fingerprint density at radius 3 is 2.80 bits per heavy atom. The minimum Gasteiger partial charge on any atom is -0.386 e. The SMILES string of the molecule is CC(C)C1(O)CN(C(=O)CSCc2cccc(Cl)c2)C1. The van der Waals surface area contributed by atoms with Crippen molar-refractivity contribution in [3.8, 4) is 0 Å². The van der Waals surface area contributed by atoms with Crippen LogP contribution in [-0.4, -0.2) is 40.4 Å². The van der Waals surface area contributed by atoms with E-state index in [1.54, 1.807) is 16.7 Å². The molecule has 1 heterocycles. The van der Waals surface area contributed by atoms with Crippen molar-refractivity contribution in [2.45, 2.75) is 25.2 Å². The second-order valence-electron chi connectivity index (χ2n) is 5.63. The number of nitrogens with zero attached hydrogens (tertiary/aromatic N) is 1. The summed E-state index contributed by atoms with van der Waals surface area (Å²) in [5, 5.41) is 10.8. The van der Waals surface area contributed by atoms with Gasteiger partial charge in [-0.25, -0.2) is 0 Å². The van der Waals surface area contributed by atoms with E-state index in [0.29, 0.717) is 18.8 Å². The number of rotatable bonds is 5. The lowest BCUT2D eigenvalue weighted by Crippen LogP contribution is -2.66. The van der Waals surface area contributed by atoms with Gasteiger partial charge in [0.2, 0.25) is 5.91 Å². The molecule has 1 saturated heterocycles. The number of β-amino-alcohol motifs (C(OH)–C–C–N with tert-alkyl or cyclic N) is 1. The summed E-state index contributed by atoms with van der Waals surface area (Å²) in [6.45, 7) is 4.88. The molecule has 0 bridgehead atoms. The zero-order valence-electron chi connectivity index (χ0n) is 11.8. The Balaban J connectivity index is 1.72. The number of thioether (sulfide) groups is 1. The van der Waals surface area contributed by atoms with Crippen molar-refractivity contribution in [3.63, 3.8) is 0 Å². The summed E-state index contributed by atoms with van der Waals surface area (Å²) in [4.78, 5) is 13.7. The van der Waals surface area contributed by atoms with E-state index in [9.17, 15) is 9.90 Å². The molecule has 110 valence electrons. The van der Waals surface area contributed by atoms with Gasteiger partial charge in [0.05, 0.1) is 18.8 Å². The Morgan fingerprint density at radius 2 is 2.20 bits per heavy atom. The van der Waals surface area contributed by atoms with Crippen molar-refractivity contribution in [1.82, 2.24) is 4.90 Å². The van der Waals surface area contributed by atoms with Gasteiger partial charge >= 0.3 is 0 Å². The smallest absolute Gasteiger partial charge is 0.232 e. The summed E-state index contributed by atoms with van der Waals surface area (Å²) in [7, 11) is 0. The maximum absolute atomic E-state index is 12.0. The van der Waals surface area contributed by atoms with Gasteiger partial charge in [-0.3, -0.25) is 4.79 Å². The molecule has 1 N–H and O–H groups in total. The highest BCUT2D eigenvalue weighted by Gasteiger charge is 2.45. The van der Waals surface area contributed by atoms with Gasteiger partial charge in [0, 0.05) is 10.8 Å². The molecule has 5 heteroatoms. The number of amides is 1. The van der Waals surface area contributed by atoms with Gasteiger partial charge in [0.25, 0.3) is 0 Å². The molecule has 1 aromatic rings. The van der Waals surface area contributed by atoms with Crippen LogP contribution in [0.25, 0.3) is 0 Å². The molecular formula is C15H20ClNO2S. The fourth-order valence-electron chi connectivity index (χ4n) is 2.13. The van der Waals surface area contributed by atoms with E-state index in [-0.39, 0.29) is 11.8 Å². The fraction of sp³-hybridized carbons (Fsp3) is 0.533. The molecule has 2 rings (SSSR count). The lowest BCUT2D eigenvalue weighted by Gasteiger charge is -2.49. The van der Waals surface area contributed by atoms with Crippen LogP contribution in [0.4, 0.5) is 0 Å². The van der Waals surface area contributed by atoms with Crippen molar-refractivity contribution in [2.24, 2.45) is 5.92 Å². The number of aliphatic hydroxyl groups is 1. The lowest BCUT2D eigenvalue weighted by atomic mass is 9.83. The standard InChI is InChI=1S/C15H20ClNO2S/c1-11(2)15(19)9-17(10-15)14(18)8-20-7-12-4-3-5-13(16)6-12/h3-6,11,19H,7-10H2,1-2H3. The van der Waals surface area contributed by atoms with Gasteiger partial charge in [-0.05, 0) is 23.6 Å². The van der Waals surface area contributed by atoms with Gasteiger partial charge in [-0.2, -0.15) is 0 Å². The highest BCUT2D eigenvalue weighted by Crippen LogP contribution is 2.29. The topological polar surface area (TPSA) is 40.5 Å². The molecule has 1 aliphatic heterocycles. The average Bonchev–Trinajstić information content (AvgIpc) is 2.34. The van der Waals surface area contributed by atoms with Crippen LogP contribution in [-0.2, 0) is 10.5 Å². The fourth-order valence-corrected chi connectivity index (χ4v) is 3.22. The van der Waals surface area contributed by atoms with Gasteiger partial charge in [-0.15, -0.1) is 11.8 Å². The van der Waals surface area contributed by atoms with Crippen LogP contribution in [0.3, 0.4) is 0 Å². The van der Waals surface area contributed by atoms with Gasteiger partial charge in [0.15, 0.2) is 0 Å². The first kappa shape index (κ1) is 15.7. The normalized spacial score (nSPS) is 17.1. The Bertz CT molecular complexity index is 487. The van der Waals surface area contributed by atoms with Crippen LogP contribution < -0.4 is 0 Å². The summed E-state index contributed by atoms with van der Waals surface area (Å²) >= 11 is 7.49. The molecule has 0 radical (unpaired) electrons. The molecule has 1 aliphatic rings. The molecule has 1 amide bonds. The lowest BCUT2D eigenvalue weighted by molar-refractivity contribution is -0.161. The third-order valence-electron chi connectivity index (χ3n) is 3.74. The van der Waals surface area contributed by atoms with Crippen molar-refractivity contribution < 1.29 is 9.90 Å². The third kappa shape index (κ3) is 3.68. The highest BCUT2D eigenvalue weighted by molar-refractivity contribution is 7.99. The van der Waals surface area contributed by atoms with Crippen molar-refractivity contribution in [2.75, 3.05) is 18.8 Å². The summed E-state index contributed by atoms with van der Waals surface area (Å²) in [5.41, 5.74) is 0.436. The summed E-state index contributed by atoms with van der Waals surface area (Å²) < 4.78 is 0. The molecule has 0 saturated carbocycles. The van der Waals surface area contributed by atoms with E-state index >= 15 is 0 Å². The summed E-state index contributed by atoms with van der Waals surface area (Å²) in [6.07, 6.45) is 0. The molecule has 0 atom stereocenters. The van der Waals surface area contributed by atoms with Crippen molar-refractivity contribution in [3.05, 3.63) is 34.9 Å². The van der Waals surface area contributed by atoms with E-state index in [4.69, 9.17) is 11.6 Å². The van der Waals surface area contributed by atoms with Crippen LogP contribution in [0, 0.1) is 5.92 Å². The minimum absolute atomic E-state index is 0.0994. The van der Waals surface area contributed by atoms with E-state index in [1.807, 2.05) is 38.1 Å². The summed E-state index contributed by atoms with van der Waals surface area (Å²) in [5.74, 6) is 1.50. The Kier molecular flexibility index (Phi) is 4.99. The maximum Gasteiger partial charge on any atom is 0.232 e. The number of carbonyl (C=O) groups excluding carboxylic acids is 1. The molecule has 0 spiro atoms. The van der Waals surface area contributed by atoms with Gasteiger partial charge in [0.1, 0.15) is 5.60 Å². The third-order valence-corrected chi connectivity index (χ3v) is 4.96. The Labute approximate surface area is 129 Å². The van der Waals surface area contributed by atoms with Crippen LogP contribution in [0.1, 0.15) is 19.4 Å². The largest absolute Gasteiger partial charge is 0.386 e. The Hall–Kier alpha value is -0.710. The average molecular weight is 314 g/mol. The van der Waals surface area contributed by atoms with Crippen molar-refractivity contribution >= 4 is 29.3 Å². The van der Waals surface area contributed by atoms with E-state index in [1.165, 1.54) is 0 Å². The number of benzene rings is 1. The number of hydrogen-bond acceptors (Lipinski definition) is 3. The first-order chi connectivity index (χ1) is 9.40. The quantitative estimate of drug-likeness (QED) is 0.908. The minimum atomic E-state index is -0.687. The number of halogens is 1. The molecule has 0 unspecified atom stereocenters. The maximum atomic E-state index is 12.0. The molecular weight excluding hydrogens is 294 g/mol. The van der Waals surface area contributed by atoms with E-state index in [2.05, 4.69) is 0 Å². The summed E-state index contributed by atoms with van der Waals surface area (Å²) in [6, 6.07) is 7.68. The van der Waals surface area contributed by atoms with E-state index in [0.717, 1.165) is 16.3 Å². The van der Waals surface area contributed by atoms with Crippen LogP contribution in [0.15, 0.2) is 24.3 Å². The zero-order valence-corrected chi connectivity index (χ0v) is 13.4. The second-order valence-corrected chi connectivity index (χ2v) is 7.05. The monoisotopic (exact) mass is 313 g/mol. The molecule has 0 aliphatic carbocycles. The first-order valence-corrected chi connectivity index (χ1v) is 8.26. The molecule has 1 fully saturated rings. The number of carbonyl (C=O) groups is 1. The van der Waals surface area contributed by atoms with E-state index < -0.39 is 5.60 Å². The van der Waals surface area contributed by atoms with Crippen LogP contribution in [0.2, 0.25) is 5.02 Å². The predicted molar refractivity (Wildman–Crippen MR) is 84.0 cm³/mol. The highest BCUT2D eigenvalue weighted by atomic mass is 35.5. The zero-order chi connectivity index (χ0) is 14.8. The molecule has 20 heavy (non-hydrogen) atoms. The molecule has 3 nitrogen and oxygen atoms in total. The van der Waals surface area contributed by atoms with Crippen LogP contribution in [0.5, 0.6) is 0 Å². The molecule has 0 aromatic heterocycles. The Morgan fingerprint density at radius 1 is 1.50 bits per heavy atom. The second kappa shape index (κ2) is 6.37. The van der Waals surface area contributed by atoms with Gasteiger partial charge < -0.3 is 10.0 Å². The van der Waals surface area contributed by atoms with Crippen molar-refractivity contribution in [1.29, 1.82) is 0 Å².